The zero-order valence-corrected chi connectivity index (χ0v) is 14.0. The van der Waals surface area contributed by atoms with Gasteiger partial charge in [0, 0.05) is 40.5 Å². The molecule has 2 nitrogen and oxygen atoms in total. The molecule has 3 heteroatoms. The van der Waals surface area contributed by atoms with Crippen LogP contribution in [0.5, 0.6) is 0 Å². The minimum absolute atomic E-state index is 0.221. The minimum Gasteiger partial charge on any atom is -0.309 e. The Morgan fingerprint density at radius 2 is 2.16 bits per heavy atom. The van der Waals surface area contributed by atoms with Crippen molar-refractivity contribution in [2.75, 3.05) is 13.1 Å². The van der Waals surface area contributed by atoms with Crippen molar-refractivity contribution in [2.45, 2.75) is 65.6 Å². The molecule has 0 spiro atoms. The van der Waals surface area contributed by atoms with Crippen molar-refractivity contribution in [1.29, 1.82) is 0 Å². The Labute approximate surface area is 122 Å². The molecule has 1 aliphatic rings. The molecule has 1 aromatic heterocycles. The monoisotopic (exact) mass is 280 g/mol. The fourth-order valence-corrected chi connectivity index (χ4v) is 4.24. The van der Waals surface area contributed by atoms with Gasteiger partial charge in [-0.15, -0.1) is 11.3 Å². The molecule has 2 heterocycles. The molecule has 0 aromatic carbocycles. The van der Waals surface area contributed by atoms with Crippen molar-refractivity contribution in [3.05, 3.63) is 21.4 Å². The van der Waals surface area contributed by atoms with E-state index in [1.807, 2.05) is 11.3 Å². The first-order chi connectivity index (χ1) is 8.84. The van der Waals surface area contributed by atoms with E-state index in [0.29, 0.717) is 12.1 Å². The van der Waals surface area contributed by atoms with Gasteiger partial charge in [0.2, 0.25) is 0 Å². The quantitative estimate of drug-likeness (QED) is 0.903. The smallest absolute Gasteiger partial charge is 0.0335 e. The van der Waals surface area contributed by atoms with Gasteiger partial charge in [0.15, 0.2) is 0 Å². The number of nitrogens with one attached hydrogen (secondary N) is 1. The molecular weight excluding hydrogens is 252 g/mol. The second kappa shape index (κ2) is 5.55. The lowest BCUT2D eigenvalue weighted by molar-refractivity contribution is 0.0580. The predicted molar refractivity (Wildman–Crippen MR) is 85.1 cm³/mol. The second-order valence-corrected chi connectivity index (χ2v) is 8.00. The summed E-state index contributed by atoms with van der Waals surface area (Å²) in [6.07, 6.45) is 1.22. The Morgan fingerprint density at radius 1 is 1.47 bits per heavy atom. The second-order valence-electron chi connectivity index (χ2n) is 6.54. The maximum Gasteiger partial charge on any atom is 0.0335 e. The van der Waals surface area contributed by atoms with E-state index in [4.69, 9.17) is 0 Å². The number of thiophene rings is 1. The van der Waals surface area contributed by atoms with E-state index >= 15 is 0 Å². The van der Waals surface area contributed by atoms with Crippen LogP contribution in [0.2, 0.25) is 0 Å². The Bertz CT molecular complexity index is 436. The summed E-state index contributed by atoms with van der Waals surface area (Å²) in [6, 6.07) is 3.56. The molecule has 1 fully saturated rings. The Balaban J connectivity index is 2.24. The Morgan fingerprint density at radius 3 is 2.68 bits per heavy atom. The maximum absolute atomic E-state index is 3.68. The van der Waals surface area contributed by atoms with E-state index < -0.39 is 0 Å². The highest BCUT2D eigenvalue weighted by Crippen LogP contribution is 2.33. The summed E-state index contributed by atoms with van der Waals surface area (Å²) in [5.41, 5.74) is 1.75. The third kappa shape index (κ3) is 3.21. The van der Waals surface area contributed by atoms with Gasteiger partial charge in [0.1, 0.15) is 0 Å². The van der Waals surface area contributed by atoms with Crippen molar-refractivity contribution in [3.8, 4) is 0 Å². The van der Waals surface area contributed by atoms with Crippen LogP contribution >= 0.6 is 11.3 Å². The van der Waals surface area contributed by atoms with E-state index in [-0.39, 0.29) is 5.54 Å². The summed E-state index contributed by atoms with van der Waals surface area (Å²) < 4.78 is 0. The molecule has 19 heavy (non-hydrogen) atoms. The number of nitrogens with zero attached hydrogens (tertiary/aromatic N) is 1. The Kier molecular flexibility index (Phi) is 4.38. The van der Waals surface area contributed by atoms with Crippen LogP contribution in [0, 0.1) is 13.8 Å². The first kappa shape index (κ1) is 15.0. The molecule has 1 N–H and O–H groups in total. The molecular formula is C16H28N2S. The van der Waals surface area contributed by atoms with Gasteiger partial charge in [-0.2, -0.15) is 0 Å². The number of hydrogen-bond donors (Lipinski definition) is 1. The zero-order chi connectivity index (χ0) is 14.2. The molecule has 1 saturated heterocycles. The fraction of sp³-hybridized carbons (Fsp3) is 0.750. The highest BCUT2D eigenvalue weighted by atomic mass is 32.1. The van der Waals surface area contributed by atoms with Crippen LogP contribution < -0.4 is 5.32 Å². The molecule has 0 aliphatic carbocycles. The average Bonchev–Trinajstić information content (AvgIpc) is 2.66. The van der Waals surface area contributed by atoms with Gasteiger partial charge in [0.25, 0.3) is 0 Å². The molecule has 0 radical (unpaired) electrons. The van der Waals surface area contributed by atoms with Crippen molar-refractivity contribution < 1.29 is 0 Å². The number of rotatable bonds is 3. The SMILES string of the molecule is CCC1CNC(C)(C)CN1C(C)c1cc(C)sc1C. The lowest BCUT2D eigenvalue weighted by Crippen LogP contribution is -2.61. The summed E-state index contributed by atoms with van der Waals surface area (Å²) in [6.45, 7) is 16.0. The molecule has 0 amide bonds. The standard InChI is InChI=1S/C16H28N2S/c1-7-14-9-17-16(5,6)10-18(14)12(3)15-8-11(2)19-13(15)4/h8,12,14,17H,7,9-10H2,1-6H3. The molecule has 2 unspecified atom stereocenters. The van der Waals surface area contributed by atoms with E-state index in [2.05, 4.69) is 57.8 Å². The topological polar surface area (TPSA) is 15.3 Å². The van der Waals surface area contributed by atoms with Gasteiger partial charge in [-0.25, -0.2) is 0 Å². The van der Waals surface area contributed by atoms with Gasteiger partial charge in [-0.1, -0.05) is 6.92 Å². The van der Waals surface area contributed by atoms with Crippen LogP contribution in [0.25, 0.3) is 0 Å². The van der Waals surface area contributed by atoms with Crippen LogP contribution in [0.4, 0.5) is 0 Å². The maximum atomic E-state index is 3.68. The third-order valence-corrected chi connectivity index (χ3v) is 5.34. The fourth-order valence-electron chi connectivity index (χ4n) is 3.23. The molecule has 2 atom stereocenters. The van der Waals surface area contributed by atoms with E-state index in [1.54, 1.807) is 0 Å². The van der Waals surface area contributed by atoms with E-state index in [9.17, 15) is 0 Å². The largest absolute Gasteiger partial charge is 0.309 e. The van der Waals surface area contributed by atoms with Crippen LogP contribution in [-0.4, -0.2) is 29.6 Å². The molecule has 0 saturated carbocycles. The Hall–Kier alpha value is -0.380. The van der Waals surface area contributed by atoms with Gasteiger partial charge >= 0.3 is 0 Å². The minimum atomic E-state index is 0.221. The van der Waals surface area contributed by atoms with E-state index in [1.165, 1.54) is 21.7 Å². The van der Waals surface area contributed by atoms with Crippen LogP contribution in [0.1, 0.15) is 55.5 Å². The lowest BCUT2D eigenvalue weighted by Gasteiger charge is -2.47. The third-order valence-electron chi connectivity index (χ3n) is 4.36. The van der Waals surface area contributed by atoms with Gasteiger partial charge in [-0.05, 0) is 52.7 Å². The van der Waals surface area contributed by atoms with Gasteiger partial charge in [0.05, 0.1) is 0 Å². The van der Waals surface area contributed by atoms with Gasteiger partial charge < -0.3 is 5.32 Å². The lowest BCUT2D eigenvalue weighted by atomic mass is 9.94. The van der Waals surface area contributed by atoms with Crippen LogP contribution in [-0.2, 0) is 0 Å². The molecule has 1 aromatic rings. The molecule has 2 rings (SSSR count). The van der Waals surface area contributed by atoms with Crippen molar-refractivity contribution >= 4 is 11.3 Å². The normalized spacial score (nSPS) is 25.5. The van der Waals surface area contributed by atoms with Crippen molar-refractivity contribution in [2.24, 2.45) is 0 Å². The predicted octanol–water partition coefficient (Wildman–Crippen LogP) is 3.89. The summed E-state index contributed by atoms with van der Waals surface area (Å²) >= 11 is 1.93. The summed E-state index contributed by atoms with van der Waals surface area (Å²) in [4.78, 5) is 5.61. The first-order valence-corrected chi connectivity index (χ1v) is 8.23. The van der Waals surface area contributed by atoms with Crippen LogP contribution in [0.15, 0.2) is 6.07 Å². The highest BCUT2D eigenvalue weighted by molar-refractivity contribution is 7.12. The zero-order valence-electron chi connectivity index (χ0n) is 13.2. The first-order valence-electron chi connectivity index (χ1n) is 7.41. The average molecular weight is 280 g/mol. The highest BCUT2D eigenvalue weighted by Gasteiger charge is 2.35. The van der Waals surface area contributed by atoms with Crippen molar-refractivity contribution in [3.63, 3.8) is 0 Å². The summed E-state index contributed by atoms with van der Waals surface area (Å²) in [7, 11) is 0. The number of hydrogen-bond acceptors (Lipinski definition) is 3. The number of piperazine rings is 1. The van der Waals surface area contributed by atoms with Gasteiger partial charge in [-0.3, -0.25) is 4.90 Å². The molecule has 0 bridgehead atoms. The summed E-state index contributed by atoms with van der Waals surface area (Å²) in [5.74, 6) is 0. The van der Waals surface area contributed by atoms with Crippen LogP contribution in [0.3, 0.4) is 0 Å². The van der Waals surface area contributed by atoms with E-state index in [0.717, 1.165) is 13.1 Å². The summed E-state index contributed by atoms with van der Waals surface area (Å²) in [5, 5.41) is 3.68. The molecule has 1 aliphatic heterocycles. The van der Waals surface area contributed by atoms with Crippen molar-refractivity contribution in [1.82, 2.24) is 10.2 Å². The number of aryl methyl sites for hydroxylation is 2. The molecule has 108 valence electrons.